The number of aldehydes is 1. The molecule has 0 aliphatic heterocycles. The van der Waals surface area contributed by atoms with Crippen LogP contribution >= 0.6 is 0 Å². The van der Waals surface area contributed by atoms with E-state index in [4.69, 9.17) is 0 Å². The van der Waals surface area contributed by atoms with Crippen LogP contribution in [0.5, 0.6) is 0 Å². The maximum atomic E-state index is 10.6. The highest BCUT2D eigenvalue weighted by molar-refractivity contribution is 5.90. The molecule has 0 aliphatic rings. The Morgan fingerprint density at radius 2 is 2.00 bits per heavy atom. The molecular weight excluding hydrogens is 314 g/mol. The van der Waals surface area contributed by atoms with Crippen molar-refractivity contribution < 1.29 is 4.79 Å². The third-order valence-corrected chi connectivity index (χ3v) is 4.05. The van der Waals surface area contributed by atoms with E-state index in [9.17, 15) is 4.79 Å². The molecule has 0 amide bonds. The number of anilines is 1. The lowest BCUT2D eigenvalue weighted by molar-refractivity contribution is -0.108. The minimum absolute atomic E-state index is 0.590. The van der Waals surface area contributed by atoms with Crippen molar-refractivity contribution in [2.75, 3.05) is 25.1 Å². The Balaban J connectivity index is 1.81. The quantitative estimate of drug-likeness (QED) is 0.277. The molecule has 6 heteroatoms. The molecule has 0 atom stereocenters. The maximum Gasteiger partial charge on any atom is 0.176 e. The Labute approximate surface area is 149 Å². The van der Waals surface area contributed by atoms with Gasteiger partial charge in [-0.1, -0.05) is 44.0 Å². The van der Waals surface area contributed by atoms with Crippen LogP contribution < -0.4 is 5.43 Å². The van der Waals surface area contributed by atoms with Crippen molar-refractivity contribution in [3.63, 3.8) is 0 Å². The van der Waals surface area contributed by atoms with Crippen molar-refractivity contribution in [3.8, 4) is 0 Å². The molecule has 0 radical (unpaired) electrons. The van der Waals surface area contributed by atoms with E-state index in [2.05, 4.69) is 32.5 Å². The monoisotopic (exact) mass is 341 g/mol. The zero-order valence-corrected chi connectivity index (χ0v) is 14.9. The number of aromatic nitrogens is 2. The molecule has 25 heavy (non-hydrogen) atoms. The number of carbonyl (C=O) groups excluding carboxylic acids is 1. The maximum absolute atomic E-state index is 10.6. The summed E-state index contributed by atoms with van der Waals surface area (Å²) in [7, 11) is 0. The average Bonchev–Trinajstić information content (AvgIpc) is 2.65. The largest absolute Gasteiger partial charge is 0.303 e. The molecule has 2 aromatic rings. The summed E-state index contributed by atoms with van der Waals surface area (Å²) in [5.74, 6) is 0.662. The highest BCUT2D eigenvalue weighted by Gasteiger charge is 2.03. The van der Waals surface area contributed by atoms with E-state index in [1.807, 2.05) is 30.5 Å². The third-order valence-electron chi connectivity index (χ3n) is 4.05. The molecule has 0 fully saturated rings. The molecular formula is C19H27N5O. The van der Waals surface area contributed by atoms with E-state index in [-0.39, 0.29) is 0 Å². The van der Waals surface area contributed by atoms with Gasteiger partial charge >= 0.3 is 0 Å². The molecule has 0 spiro atoms. The Morgan fingerprint density at radius 3 is 2.84 bits per heavy atom. The Morgan fingerprint density at radius 1 is 1.16 bits per heavy atom. The van der Waals surface area contributed by atoms with Crippen LogP contribution in [0.25, 0.3) is 10.8 Å². The second-order valence-corrected chi connectivity index (χ2v) is 6.00. The number of rotatable bonds is 12. The lowest BCUT2D eigenvalue weighted by Gasteiger charge is -2.20. The normalized spacial score (nSPS) is 11.4. The number of benzene rings is 1. The van der Waals surface area contributed by atoms with Crippen LogP contribution in [0.15, 0.2) is 35.6 Å². The van der Waals surface area contributed by atoms with Gasteiger partial charge in [-0.2, -0.15) is 10.2 Å². The van der Waals surface area contributed by atoms with Crippen LogP contribution in [-0.2, 0) is 4.79 Å². The van der Waals surface area contributed by atoms with Crippen LogP contribution in [0.2, 0.25) is 0 Å². The molecule has 0 bridgehead atoms. The first-order valence-electron chi connectivity index (χ1n) is 8.99. The molecule has 0 saturated heterocycles. The van der Waals surface area contributed by atoms with E-state index in [1.54, 1.807) is 6.20 Å². The van der Waals surface area contributed by atoms with E-state index in [0.717, 1.165) is 43.1 Å². The molecule has 1 aromatic heterocycles. The van der Waals surface area contributed by atoms with Crippen molar-refractivity contribution in [2.45, 2.75) is 39.0 Å². The lowest BCUT2D eigenvalue weighted by Crippen LogP contribution is -2.27. The first-order chi connectivity index (χ1) is 12.3. The number of hydrogen-bond donors (Lipinski definition) is 1. The fourth-order valence-electron chi connectivity index (χ4n) is 2.68. The summed E-state index contributed by atoms with van der Waals surface area (Å²) in [6.45, 7) is 4.97. The van der Waals surface area contributed by atoms with Crippen molar-refractivity contribution in [1.29, 1.82) is 0 Å². The van der Waals surface area contributed by atoms with Gasteiger partial charge in [-0.05, 0) is 19.4 Å². The predicted molar refractivity (Wildman–Crippen MR) is 103 cm³/mol. The molecule has 134 valence electrons. The van der Waals surface area contributed by atoms with Gasteiger partial charge in [-0.3, -0.25) is 5.43 Å². The molecule has 0 saturated carbocycles. The zero-order valence-electron chi connectivity index (χ0n) is 14.9. The number of hydrogen-bond acceptors (Lipinski definition) is 6. The molecule has 1 heterocycles. The summed E-state index contributed by atoms with van der Waals surface area (Å²) in [6, 6.07) is 7.94. The third kappa shape index (κ3) is 6.58. The lowest BCUT2D eigenvalue weighted by atomic mass is 10.2. The Bertz CT molecular complexity index is 668. The number of fused-ring (bicyclic) bond motifs is 1. The number of hydrazone groups is 1. The van der Waals surface area contributed by atoms with Gasteiger partial charge in [0.25, 0.3) is 0 Å². The van der Waals surface area contributed by atoms with Gasteiger partial charge in [0.05, 0.1) is 6.20 Å². The summed E-state index contributed by atoms with van der Waals surface area (Å²) >= 11 is 0. The summed E-state index contributed by atoms with van der Waals surface area (Å²) in [5, 5.41) is 14.4. The molecule has 1 N–H and O–H groups in total. The SMILES string of the molecule is CCCCCN(CCC=O)CC/C=N/Nc1nncc2ccccc12. The Kier molecular flexibility index (Phi) is 8.55. The smallest absolute Gasteiger partial charge is 0.176 e. The highest BCUT2D eigenvalue weighted by atomic mass is 16.1. The van der Waals surface area contributed by atoms with E-state index < -0.39 is 0 Å². The highest BCUT2D eigenvalue weighted by Crippen LogP contribution is 2.18. The van der Waals surface area contributed by atoms with Gasteiger partial charge in [-0.25, -0.2) is 0 Å². The fourth-order valence-corrected chi connectivity index (χ4v) is 2.68. The number of unbranched alkanes of at least 4 members (excludes halogenated alkanes) is 2. The summed E-state index contributed by atoms with van der Waals surface area (Å²) in [6.07, 6.45) is 9.62. The number of nitrogens with one attached hydrogen (secondary N) is 1. The van der Waals surface area contributed by atoms with Gasteiger partial charge in [0.1, 0.15) is 6.29 Å². The summed E-state index contributed by atoms with van der Waals surface area (Å²) in [4.78, 5) is 12.9. The minimum Gasteiger partial charge on any atom is -0.303 e. The second kappa shape index (κ2) is 11.3. The van der Waals surface area contributed by atoms with E-state index in [0.29, 0.717) is 12.2 Å². The van der Waals surface area contributed by atoms with Crippen LogP contribution in [0.3, 0.4) is 0 Å². The zero-order chi connectivity index (χ0) is 17.7. The van der Waals surface area contributed by atoms with Gasteiger partial charge < -0.3 is 9.69 Å². The first-order valence-corrected chi connectivity index (χ1v) is 8.99. The Hall–Kier alpha value is -2.34. The first kappa shape index (κ1) is 19.0. The van der Waals surface area contributed by atoms with Gasteiger partial charge in [-0.15, -0.1) is 5.10 Å². The standard InChI is InChI=1S/C19H27N5O/c1-2-3-6-12-24(14-8-15-25)13-7-11-20-22-19-18-10-5-4-9-17(18)16-21-23-19/h4-5,9-11,15-16H,2-3,6-8,12-14H2,1H3,(H,22,23)/b20-11+. The topological polar surface area (TPSA) is 70.5 Å². The van der Waals surface area contributed by atoms with Crippen molar-refractivity contribution >= 4 is 29.1 Å². The van der Waals surface area contributed by atoms with Crippen molar-refractivity contribution in [2.24, 2.45) is 5.10 Å². The van der Waals surface area contributed by atoms with Gasteiger partial charge in [0.15, 0.2) is 5.82 Å². The molecule has 0 unspecified atom stereocenters. The second-order valence-electron chi connectivity index (χ2n) is 6.00. The molecule has 0 aliphatic carbocycles. The summed E-state index contributed by atoms with van der Waals surface area (Å²) < 4.78 is 0. The van der Waals surface area contributed by atoms with Gasteiger partial charge in [0.2, 0.25) is 0 Å². The van der Waals surface area contributed by atoms with E-state index >= 15 is 0 Å². The van der Waals surface area contributed by atoms with Crippen LogP contribution in [-0.4, -0.2) is 47.2 Å². The van der Waals surface area contributed by atoms with E-state index in [1.165, 1.54) is 19.3 Å². The van der Waals surface area contributed by atoms with Crippen LogP contribution in [0.4, 0.5) is 5.82 Å². The van der Waals surface area contributed by atoms with Crippen LogP contribution in [0, 0.1) is 0 Å². The fraction of sp³-hybridized carbons (Fsp3) is 0.474. The molecule has 6 nitrogen and oxygen atoms in total. The average molecular weight is 341 g/mol. The van der Waals surface area contributed by atoms with Crippen molar-refractivity contribution in [1.82, 2.24) is 15.1 Å². The molecule has 1 aromatic carbocycles. The summed E-state index contributed by atoms with van der Waals surface area (Å²) in [5.41, 5.74) is 2.98. The number of nitrogens with zero attached hydrogens (tertiary/aromatic N) is 4. The van der Waals surface area contributed by atoms with Gasteiger partial charge in [0, 0.05) is 36.5 Å². The minimum atomic E-state index is 0.590. The van der Waals surface area contributed by atoms with Crippen LogP contribution in [0.1, 0.15) is 39.0 Å². The number of carbonyl (C=O) groups is 1. The predicted octanol–water partition coefficient (Wildman–Crippen LogP) is 3.50. The van der Waals surface area contributed by atoms with Crippen molar-refractivity contribution in [3.05, 3.63) is 30.5 Å². The molecule has 2 rings (SSSR count).